The molecule has 1 aromatic carbocycles. The minimum absolute atomic E-state index is 0.0217. The van der Waals surface area contributed by atoms with Crippen molar-refractivity contribution >= 4 is 22.8 Å². The van der Waals surface area contributed by atoms with E-state index in [1.54, 1.807) is 24.5 Å². The summed E-state index contributed by atoms with van der Waals surface area (Å²) in [7, 11) is 0. The van der Waals surface area contributed by atoms with Crippen LogP contribution in [0.5, 0.6) is 0 Å². The predicted molar refractivity (Wildman–Crippen MR) is 146 cm³/mol. The molecule has 1 amide bonds. The van der Waals surface area contributed by atoms with E-state index in [2.05, 4.69) is 0 Å². The number of hydrogen-bond acceptors (Lipinski definition) is 7. The van der Waals surface area contributed by atoms with Crippen LogP contribution in [0.2, 0.25) is 0 Å². The van der Waals surface area contributed by atoms with Crippen molar-refractivity contribution in [2.24, 2.45) is 11.1 Å². The first-order valence-electron chi connectivity index (χ1n) is 14.3. The number of pyridine rings is 2. The topological polar surface area (TPSA) is 145 Å². The van der Waals surface area contributed by atoms with E-state index >= 15 is 4.39 Å². The zero-order valence-electron chi connectivity index (χ0n) is 23.1. The van der Waals surface area contributed by atoms with Gasteiger partial charge in [0.2, 0.25) is 5.91 Å². The summed E-state index contributed by atoms with van der Waals surface area (Å²) >= 11 is 0. The van der Waals surface area contributed by atoms with E-state index in [0.717, 1.165) is 22.1 Å². The summed E-state index contributed by atoms with van der Waals surface area (Å²) in [5.74, 6) is -1.90. The van der Waals surface area contributed by atoms with Gasteiger partial charge in [-0.25, -0.2) is 14.2 Å². The normalized spacial score (nSPS) is 28.2. The maximum absolute atomic E-state index is 15.2. The third kappa shape index (κ3) is 3.34. The summed E-state index contributed by atoms with van der Waals surface area (Å²) in [5.41, 5.74) is 7.69. The summed E-state index contributed by atoms with van der Waals surface area (Å²) in [6.07, 6.45) is 2.45. The largest absolute Gasteiger partial charge is 0.458 e. The number of amides is 1. The highest BCUT2D eigenvalue weighted by Gasteiger charge is 2.51. The highest BCUT2D eigenvalue weighted by molar-refractivity contribution is 5.95. The quantitative estimate of drug-likeness (QED) is 0.326. The van der Waals surface area contributed by atoms with Crippen LogP contribution in [-0.2, 0) is 39.5 Å². The molecule has 1 fully saturated rings. The number of aromatic nitrogens is 2. The first-order valence-corrected chi connectivity index (χ1v) is 14.3. The maximum atomic E-state index is 15.2. The number of primary amides is 1. The number of ether oxygens (including phenoxy) is 1. The molecular formula is C31H32FN3O6. The lowest BCUT2D eigenvalue weighted by atomic mass is 9.58. The number of carbonyl (C=O) groups is 2. The van der Waals surface area contributed by atoms with Gasteiger partial charge in [-0.1, -0.05) is 6.92 Å². The van der Waals surface area contributed by atoms with Gasteiger partial charge in [-0.15, -0.1) is 0 Å². The van der Waals surface area contributed by atoms with Crippen molar-refractivity contribution in [2.75, 3.05) is 0 Å². The Morgan fingerprint density at radius 1 is 1.20 bits per heavy atom. The van der Waals surface area contributed by atoms with Crippen molar-refractivity contribution in [3.8, 4) is 11.4 Å². The molecule has 1 saturated carbocycles. The number of aliphatic hydroxyl groups excluding tert-OH is 1. The van der Waals surface area contributed by atoms with Crippen molar-refractivity contribution in [2.45, 2.75) is 89.6 Å². The number of aliphatic hydroxyl groups is 2. The second kappa shape index (κ2) is 8.69. The van der Waals surface area contributed by atoms with Crippen LogP contribution in [0.15, 0.2) is 16.9 Å². The first kappa shape index (κ1) is 26.3. The molecule has 7 rings (SSSR count). The Kier molecular flexibility index (Phi) is 5.57. The highest BCUT2D eigenvalue weighted by Crippen LogP contribution is 2.56. The molecule has 0 bridgehead atoms. The summed E-state index contributed by atoms with van der Waals surface area (Å²) in [6, 6.07) is 3.04. The first-order chi connectivity index (χ1) is 19.5. The zero-order chi connectivity index (χ0) is 29.0. The zero-order valence-corrected chi connectivity index (χ0v) is 23.1. The van der Waals surface area contributed by atoms with Gasteiger partial charge >= 0.3 is 5.97 Å². The molecule has 0 spiro atoms. The minimum atomic E-state index is -1.96. The lowest BCUT2D eigenvalue weighted by Crippen LogP contribution is -2.46. The van der Waals surface area contributed by atoms with Crippen LogP contribution < -0.4 is 11.3 Å². The summed E-state index contributed by atoms with van der Waals surface area (Å²) < 4.78 is 22.0. The Bertz CT molecular complexity index is 1760. The van der Waals surface area contributed by atoms with Gasteiger partial charge in [0.25, 0.3) is 5.56 Å². The third-order valence-corrected chi connectivity index (χ3v) is 10.4. The van der Waals surface area contributed by atoms with Gasteiger partial charge in [0.1, 0.15) is 12.4 Å². The molecule has 10 heteroatoms. The van der Waals surface area contributed by atoms with E-state index < -0.39 is 29.0 Å². The Morgan fingerprint density at radius 3 is 2.61 bits per heavy atom. The second-order valence-corrected chi connectivity index (χ2v) is 12.2. The molecule has 4 N–H and O–H groups in total. The smallest absolute Gasteiger partial charge is 0.343 e. The molecule has 41 heavy (non-hydrogen) atoms. The lowest BCUT2D eigenvalue weighted by Gasteiger charge is -2.45. The number of fused-ring (bicyclic) bond motifs is 5. The molecule has 0 saturated heterocycles. The average Bonchev–Trinajstić information content (AvgIpc) is 3.33. The number of nitrogens with zero attached hydrogens (tertiary/aromatic N) is 2. The predicted octanol–water partition coefficient (Wildman–Crippen LogP) is 2.96. The molecule has 9 nitrogen and oxygen atoms in total. The van der Waals surface area contributed by atoms with Gasteiger partial charge in [0.05, 0.1) is 40.5 Å². The molecule has 2 aromatic heterocycles. The van der Waals surface area contributed by atoms with E-state index in [4.69, 9.17) is 15.5 Å². The minimum Gasteiger partial charge on any atom is -0.458 e. The van der Waals surface area contributed by atoms with Gasteiger partial charge in [0.15, 0.2) is 5.60 Å². The van der Waals surface area contributed by atoms with Crippen LogP contribution in [0.4, 0.5) is 4.39 Å². The average molecular weight is 562 g/mol. The summed E-state index contributed by atoms with van der Waals surface area (Å²) in [5, 5.41) is 22.4. The van der Waals surface area contributed by atoms with Gasteiger partial charge in [-0.2, -0.15) is 0 Å². The number of carbonyl (C=O) groups excluding carboxylic acids is 2. The molecule has 2 atom stereocenters. The third-order valence-electron chi connectivity index (χ3n) is 10.4. The van der Waals surface area contributed by atoms with E-state index in [9.17, 15) is 24.6 Å². The SMILES string of the molecule is CC[C@@]1(O)C(=O)OCc2c1cc1n(c2=O)Cc2c-1nc1cc(F)c(C)c3c1c2[C@@H](C1(C(N)=O)CCC(O)CC1)CC3. The van der Waals surface area contributed by atoms with Crippen molar-refractivity contribution < 1.29 is 28.9 Å². The fourth-order valence-corrected chi connectivity index (χ4v) is 7.99. The number of aryl methyl sites for hydroxylation is 1. The van der Waals surface area contributed by atoms with E-state index in [1.165, 1.54) is 6.07 Å². The molecule has 0 radical (unpaired) electrons. The standard InChI is InChI=1S/C31H32FN3O6/c1-3-31(40)20-10-23-26-17(12-35(23)27(37)18(20)13-41-29(31)39)24-19(30(28(33)38)8-6-15(36)7-9-30)5-4-16-14(2)21(32)11-22(34-26)25(16)24/h10-11,15,19,36,40H,3-9,12-13H2,1-2H3,(H2,33,38)/t15?,19-,30?,31-/m0/s1. The van der Waals surface area contributed by atoms with Crippen LogP contribution in [-0.4, -0.2) is 37.7 Å². The summed E-state index contributed by atoms with van der Waals surface area (Å²) in [6.45, 7) is 3.33. The van der Waals surface area contributed by atoms with Gasteiger partial charge in [-0.05, 0) is 80.5 Å². The lowest BCUT2D eigenvalue weighted by molar-refractivity contribution is -0.172. The number of nitrogens with two attached hydrogens (primary N) is 1. The molecule has 4 aliphatic rings. The van der Waals surface area contributed by atoms with Crippen LogP contribution in [0, 0.1) is 18.2 Å². The Balaban J connectivity index is 1.54. The summed E-state index contributed by atoms with van der Waals surface area (Å²) in [4.78, 5) is 44.6. The monoisotopic (exact) mass is 561 g/mol. The van der Waals surface area contributed by atoms with Crippen molar-refractivity contribution in [3.05, 3.63) is 61.7 Å². The fourth-order valence-electron chi connectivity index (χ4n) is 7.99. The fraction of sp³-hybridized carbons (Fsp3) is 0.484. The molecular weight excluding hydrogens is 529 g/mol. The number of rotatable bonds is 3. The van der Waals surface area contributed by atoms with Crippen molar-refractivity contribution in [1.82, 2.24) is 9.55 Å². The number of esters is 1. The van der Waals surface area contributed by atoms with Crippen LogP contribution in [0.1, 0.15) is 84.7 Å². The highest BCUT2D eigenvalue weighted by atomic mass is 19.1. The Labute approximate surface area is 235 Å². The molecule has 0 unspecified atom stereocenters. The number of hydrogen-bond donors (Lipinski definition) is 3. The molecule has 214 valence electrons. The Hall–Kier alpha value is -3.63. The molecule has 2 aliphatic carbocycles. The van der Waals surface area contributed by atoms with Crippen LogP contribution in [0.25, 0.3) is 22.3 Å². The number of cyclic esters (lactones) is 1. The number of benzene rings is 1. The second-order valence-electron chi connectivity index (χ2n) is 12.2. The number of halogens is 1. The van der Waals surface area contributed by atoms with Crippen molar-refractivity contribution in [1.29, 1.82) is 0 Å². The van der Waals surface area contributed by atoms with Crippen LogP contribution >= 0.6 is 0 Å². The van der Waals surface area contributed by atoms with E-state index in [0.29, 0.717) is 61.0 Å². The molecule has 4 heterocycles. The van der Waals surface area contributed by atoms with Gasteiger partial charge < -0.3 is 25.3 Å². The van der Waals surface area contributed by atoms with Gasteiger partial charge in [-0.3, -0.25) is 9.59 Å². The van der Waals surface area contributed by atoms with E-state index in [1.807, 2.05) is 0 Å². The molecule has 2 aliphatic heterocycles. The molecule has 3 aromatic rings. The van der Waals surface area contributed by atoms with Crippen molar-refractivity contribution in [3.63, 3.8) is 0 Å². The Morgan fingerprint density at radius 2 is 1.93 bits per heavy atom. The maximum Gasteiger partial charge on any atom is 0.343 e. The van der Waals surface area contributed by atoms with E-state index in [-0.39, 0.29) is 48.0 Å². The van der Waals surface area contributed by atoms with Gasteiger partial charge in [0, 0.05) is 22.6 Å². The van der Waals surface area contributed by atoms with Crippen LogP contribution in [0.3, 0.4) is 0 Å².